The average molecular weight is 265 g/mol. The molecule has 0 aromatic heterocycles. The van der Waals surface area contributed by atoms with E-state index in [4.69, 9.17) is 0 Å². The van der Waals surface area contributed by atoms with Gasteiger partial charge in [0.05, 0.1) is 0 Å². The molecule has 1 N–H and O–H groups in total. The molecule has 2 amide bonds. The molecule has 19 heavy (non-hydrogen) atoms. The van der Waals surface area contributed by atoms with Crippen LogP contribution in [0.5, 0.6) is 0 Å². The molecular weight excluding hydrogens is 245 g/mol. The van der Waals surface area contributed by atoms with Crippen molar-refractivity contribution in [2.75, 3.05) is 26.7 Å². The fourth-order valence-corrected chi connectivity index (χ4v) is 2.36. The van der Waals surface area contributed by atoms with Gasteiger partial charge in [0.1, 0.15) is 5.82 Å². The van der Waals surface area contributed by atoms with Gasteiger partial charge in [-0.2, -0.15) is 0 Å². The minimum absolute atomic E-state index is 0.121. The Bertz CT molecular complexity index is 452. The Morgan fingerprint density at radius 3 is 2.84 bits per heavy atom. The molecule has 1 aromatic rings. The third-order valence-corrected chi connectivity index (χ3v) is 3.48. The molecule has 1 saturated heterocycles. The number of hydrogen-bond acceptors (Lipinski definition) is 2. The van der Waals surface area contributed by atoms with Gasteiger partial charge in [-0.1, -0.05) is 18.2 Å². The van der Waals surface area contributed by atoms with Crippen molar-refractivity contribution < 1.29 is 9.18 Å². The fourth-order valence-electron chi connectivity index (χ4n) is 2.36. The maximum Gasteiger partial charge on any atom is 0.317 e. The Hall–Kier alpha value is -1.62. The van der Waals surface area contributed by atoms with E-state index in [9.17, 15) is 9.18 Å². The van der Waals surface area contributed by atoms with Crippen molar-refractivity contribution in [3.05, 3.63) is 35.6 Å². The molecule has 4 nitrogen and oxygen atoms in total. The summed E-state index contributed by atoms with van der Waals surface area (Å²) < 4.78 is 13.4. The molecule has 1 heterocycles. The van der Waals surface area contributed by atoms with Crippen LogP contribution in [0.15, 0.2) is 24.3 Å². The van der Waals surface area contributed by atoms with Crippen LogP contribution in [0.1, 0.15) is 12.5 Å². The zero-order valence-electron chi connectivity index (χ0n) is 11.4. The zero-order chi connectivity index (χ0) is 13.8. The van der Waals surface area contributed by atoms with Gasteiger partial charge in [-0.15, -0.1) is 0 Å². The third kappa shape index (κ3) is 3.44. The SMILES string of the molecule is CC1CN(C)CCN1C(=O)NCc1ccccc1F. The second-order valence-electron chi connectivity index (χ2n) is 5.05. The topological polar surface area (TPSA) is 35.6 Å². The number of nitrogens with one attached hydrogen (secondary N) is 1. The third-order valence-electron chi connectivity index (χ3n) is 3.48. The van der Waals surface area contributed by atoms with Crippen molar-refractivity contribution in [3.63, 3.8) is 0 Å². The van der Waals surface area contributed by atoms with Crippen LogP contribution in [0.25, 0.3) is 0 Å². The first kappa shape index (κ1) is 13.8. The van der Waals surface area contributed by atoms with Gasteiger partial charge in [-0.25, -0.2) is 9.18 Å². The number of carbonyl (C=O) groups excluding carboxylic acids is 1. The van der Waals surface area contributed by atoms with Gasteiger partial charge in [-0.05, 0) is 20.0 Å². The molecule has 1 atom stereocenters. The number of piperazine rings is 1. The van der Waals surface area contributed by atoms with Crippen LogP contribution in [0.3, 0.4) is 0 Å². The molecule has 1 unspecified atom stereocenters. The van der Waals surface area contributed by atoms with E-state index in [0.717, 1.165) is 13.1 Å². The van der Waals surface area contributed by atoms with E-state index in [-0.39, 0.29) is 24.4 Å². The number of hydrogen-bond donors (Lipinski definition) is 1. The van der Waals surface area contributed by atoms with Gasteiger partial charge in [0.25, 0.3) is 0 Å². The standard InChI is InChI=1S/C14H20FN3O/c1-11-10-17(2)7-8-18(11)14(19)16-9-12-5-3-4-6-13(12)15/h3-6,11H,7-10H2,1-2H3,(H,16,19). The second-order valence-corrected chi connectivity index (χ2v) is 5.05. The van der Waals surface area contributed by atoms with Gasteiger partial charge in [-0.3, -0.25) is 0 Å². The Morgan fingerprint density at radius 1 is 1.42 bits per heavy atom. The number of amides is 2. The Labute approximate surface area is 113 Å². The largest absolute Gasteiger partial charge is 0.334 e. The number of nitrogens with zero attached hydrogens (tertiary/aromatic N) is 2. The lowest BCUT2D eigenvalue weighted by Crippen LogP contribution is -2.55. The van der Waals surface area contributed by atoms with E-state index in [1.54, 1.807) is 23.1 Å². The van der Waals surface area contributed by atoms with Crippen molar-refractivity contribution in [1.82, 2.24) is 15.1 Å². The molecule has 1 aromatic carbocycles. The summed E-state index contributed by atoms with van der Waals surface area (Å²) >= 11 is 0. The van der Waals surface area contributed by atoms with E-state index < -0.39 is 0 Å². The second kappa shape index (κ2) is 6.02. The summed E-state index contributed by atoms with van der Waals surface area (Å²) in [6, 6.07) is 6.55. The van der Waals surface area contributed by atoms with Crippen molar-refractivity contribution in [2.45, 2.75) is 19.5 Å². The summed E-state index contributed by atoms with van der Waals surface area (Å²) in [5.41, 5.74) is 0.512. The van der Waals surface area contributed by atoms with Crippen LogP contribution in [0, 0.1) is 5.82 Å². The number of benzene rings is 1. The van der Waals surface area contributed by atoms with Crippen molar-refractivity contribution in [3.8, 4) is 0 Å². The van der Waals surface area contributed by atoms with Crippen LogP contribution < -0.4 is 5.32 Å². The smallest absolute Gasteiger partial charge is 0.317 e. The first-order valence-corrected chi connectivity index (χ1v) is 6.54. The van der Waals surface area contributed by atoms with E-state index in [1.165, 1.54) is 6.07 Å². The lowest BCUT2D eigenvalue weighted by atomic mass is 10.2. The van der Waals surface area contributed by atoms with E-state index >= 15 is 0 Å². The van der Waals surface area contributed by atoms with Crippen LogP contribution in [0.2, 0.25) is 0 Å². The lowest BCUT2D eigenvalue weighted by molar-refractivity contribution is 0.116. The van der Waals surface area contributed by atoms with E-state index in [0.29, 0.717) is 12.1 Å². The Balaban J connectivity index is 1.89. The summed E-state index contributed by atoms with van der Waals surface area (Å²) in [4.78, 5) is 16.1. The molecule has 0 saturated carbocycles. The summed E-state index contributed by atoms with van der Waals surface area (Å²) in [6.45, 7) is 4.70. The van der Waals surface area contributed by atoms with Crippen molar-refractivity contribution >= 4 is 6.03 Å². The quantitative estimate of drug-likeness (QED) is 0.883. The molecule has 0 spiro atoms. The highest BCUT2D eigenvalue weighted by molar-refractivity contribution is 5.74. The minimum Gasteiger partial charge on any atom is -0.334 e. The number of carbonyl (C=O) groups is 1. The Morgan fingerprint density at radius 2 is 2.16 bits per heavy atom. The molecule has 0 bridgehead atoms. The summed E-state index contributed by atoms with van der Waals surface area (Å²) in [5.74, 6) is -0.283. The van der Waals surface area contributed by atoms with Crippen LogP contribution in [-0.4, -0.2) is 48.6 Å². The highest BCUT2D eigenvalue weighted by Gasteiger charge is 2.25. The van der Waals surface area contributed by atoms with Gasteiger partial charge < -0.3 is 15.1 Å². The van der Waals surface area contributed by atoms with Crippen molar-refractivity contribution in [1.29, 1.82) is 0 Å². The van der Waals surface area contributed by atoms with Crippen LogP contribution >= 0.6 is 0 Å². The minimum atomic E-state index is -0.283. The fraction of sp³-hybridized carbons (Fsp3) is 0.500. The Kier molecular flexibility index (Phi) is 4.37. The summed E-state index contributed by atoms with van der Waals surface area (Å²) in [6.07, 6.45) is 0. The van der Waals surface area contributed by atoms with E-state index in [1.807, 2.05) is 14.0 Å². The van der Waals surface area contributed by atoms with Crippen LogP contribution in [0.4, 0.5) is 9.18 Å². The van der Waals surface area contributed by atoms with Gasteiger partial charge in [0, 0.05) is 37.8 Å². The number of urea groups is 1. The molecule has 2 rings (SSSR count). The van der Waals surface area contributed by atoms with E-state index in [2.05, 4.69) is 10.2 Å². The number of likely N-dealkylation sites (N-methyl/N-ethyl adjacent to an activating group) is 1. The first-order valence-electron chi connectivity index (χ1n) is 6.54. The molecule has 1 aliphatic rings. The van der Waals surface area contributed by atoms with Crippen molar-refractivity contribution in [2.24, 2.45) is 0 Å². The molecular formula is C14H20FN3O. The highest BCUT2D eigenvalue weighted by atomic mass is 19.1. The normalized spacial score (nSPS) is 20.4. The number of rotatable bonds is 2. The highest BCUT2D eigenvalue weighted by Crippen LogP contribution is 2.09. The maximum atomic E-state index is 13.4. The first-order chi connectivity index (χ1) is 9.08. The molecule has 1 aliphatic heterocycles. The predicted molar refractivity (Wildman–Crippen MR) is 72.3 cm³/mol. The van der Waals surface area contributed by atoms with Gasteiger partial charge in [0.2, 0.25) is 0 Å². The van der Waals surface area contributed by atoms with Gasteiger partial charge >= 0.3 is 6.03 Å². The summed E-state index contributed by atoms with van der Waals surface area (Å²) in [7, 11) is 2.05. The zero-order valence-corrected chi connectivity index (χ0v) is 11.4. The average Bonchev–Trinajstić information content (AvgIpc) is 2.37. The van der Waals surface area contributed by atoms with Crippen LogP contribution in [-0.2, 0) is 6.54 Å². The molecule has 5 heteroatoms. The monoisotopic (exact) mass is 265 g/mol. The molecule has 0 radical (unpaired) electrons. The lowest BCUT2D eigenvalue weighted by Gasteiger charge is -2.38. The summed E-state index contributed by atoms with van der Waals surface area (Å²) in [5, 5.41) is 2.78. The predicted octanol–water partition coefficient (Wildman–Crippen LogP) is 1.67. The molecule has 104 valence electrons. The molecule has 0 aliphatic carbocycles. The van der Waals surface area contributed by atoms with Gasteiger partial charge in [0.15, 0.2) is 0 Å². The molecule has 1 fully saturated rings. The number of halogens is 1. The maximum absolute atomic E-state index is 13.4.